The Bertz CT molecular complexity index is 1350. The number of methoxy groups -OCH3 is 1. The number of hydrogen-bond acceptors (Lipinski definition) is 4. The summed E-state index contributed by atoms with van der Waals surface area (Å²) in [6.07, 6.45) is 1.71. The van der Waals surface area contributed by atoms with E-state index in [1.807, 2.05) is 48.5 Å². The maximum absolute atomic E-state index is 9.71. The number of nitrogens with one attached hydrogen (secondary N) is 1. The number of nitrogens with zero attached hydrogens (tertiary/aromatic N) is 2. The molecule has 4 aromatic rings. The van der Waals surface area contributed by atoms with Crippen molar-refractivity contribution in [1.82, 2.24) is 9.97 Å². The number of rotatable bonds is 6. The van der Waals surface area contributed by atoms with Crippen molar-refractivity contribution >= 4 is 61.8 Å². The average Bonchev–Trinajstić information content (AvgIpc) is 3.21. The number of fused-ring (bicyclic) bond motifs is 1. The third-order valence-electron chi connectivity index (χ3n) is 4.73. The quantitative estimate of drug-likeness (QED) is 0.267. The number of H-pyrrole nitrogens is 1. The first-order valence-corrected chi connectivity index (χ1v) is 11.0. The summed E-state index contributed by atoms with van der Waals surface area (Å²) in [6, 6.07) is 18.7. The first-order valence-electron chi connectivity index (χ1n) is 9.49. The van der Waals surface area contributed by atoms with E-state index in [1.54, 1.807) is 19.3 Å². The van der Waals surface area contributed by atoms with Crippen LogP contribution in [0, 0.1) is 11.3 Å². The van der Waals surface area contributed by atoms with Gasteiger partial charge in [0.05, 0.1) is 33.2 Å². The molecule has 0 unspecified atom stereocenters. The highest BCUT2D eigenvalue weighted by Crippen LogP contribution is 2.36. The monoisotopic (exact) mass is 527 g/mol. The highest BCUT2D eigenvalue weighted by atomic mass is 79.9. The molecule has 0 aliphatic heterocycles. The van der Waals surface area contributed by atoms with Crippen molar-refractivity contribution in [2.75, 3.05) is 7.11 Å². The van der Waals surface area contributed by atoms with Crippen LogP contribution in [0.3, 0.4) is 0 Å². The summed E-state index contributed by atoms with van der Waals surface area (Å²) in [7, 11) is 1.60. The molecule has 0 aliphatic rings. The highest BCUT2D eigenvalue weighted by Gasteiger charge is 2.13. The lowest BCUT2D eigenvalue weighted by Gasteiger charge is -2.12. The van der Waals surface area contributed by atoms with Crippen molar-refractivity contribution in [1.29, 1.82) is 5.26 Å². The van der Waals surface area contributed by atoms with Crippen molar-refractivity contribution < 1.29 is 9.47 Å². The number of aromatic nitrogens is 2. The molecular weight excluding hydrogens is 513 g/mol. The van der Waals surface area contributed by atoms with Crippen molar-refractivity contribution in [2.24, 2.45) is 0 Å². The minimum Gasteiger partial charge on any atom is -0.497 e. The van der Waals surface area contributed by atoms with Gasteiger partial charge in [0.2, 0.25) is 0 Å². The summed E-state index contributed by atoms with van der Waals surface area (Å²) in [5.74, 6) is 1.67. The van der Waals surface area contributed by atoms with Crippen molar-refractivity contribution in [3.8, 4) is 17.6 Å². The standard InChI is InChI=1S/C24H16BrCl2N3O2/c1-31-17-6-7-21-22(11-17)30-24(29-21)16(12-28)8-14-9-18(25)23(20(27)10-14)32-13-15-4-2-3-5-19(15)26/h2-11H,13H2,1H3,(H,29,30)/b16-8-. The van der Waals surface area contributed by atoms with Crippen LogP contribution in [-0.2, 0) is 6.61 Å². The average molecular weight is 529 g/mol. The van der Waals surface area contributed by atoms with Crippen LogP contribution in [0.1, 0.15) is 17.0 Å². The van der Waals surface area contributed by atoms with Crippen LogP contribution in [-0.4, -0.2) is 17.1 Å². The Morgan fingerprint density at radius 1 is 1.16 bits per heavy atom. The second-order valence-corrected chi connectivity index (χ2v) is 8.50. The fourth-order valence-corrected chi connectivity index (χ4v) is 4.31. The zero-order valence-corrected chi connectivity index (χ0v) is 19.9. The number of halogens is 3. The molecule has 0 amide bonds. The Morgan fingerprint density at radius 2 is 1.97 bits per heavy atom. The van der Waals surface area contributed by atoms with E-state index in [9.17, 15) is 5.26 Å². The summed E-state index contributed by atoms with van der Waals surface area (Å²) in [6.45, 7) is 0.277. The van der Waals surface area contributed by atoms with Gasteiger partial charge in [-0.1, -0.05) is 41.4 Å². The number of imidazole rings is 1. The van der Waals surface area contributed by atoms with Gasteiger partial charge in [-0.05, 0) is 57.9 Å². The lowest BCUT2D eigenvalue weighted by Crippen LogP contribution is -1.98. The van der Waals surface area contributed by atoms with Crippen LogP contribution in [0.25, 0.3) is 22.7 Å². The second kappa shape index (κ2) is 9.66. The Balaban J connectivity index is 1.61. The maximum Gasteiger partial charge on any atom is 0.152 e. The number of aromatic amines is 1. The molecule has 4 rings (SSSR count). The topological polar surface area (TPSA) is 70.9 Å². The van der Waals surface area contributed by atoms with E-state index in [1.165, 1.54) is 0 Å². The van der Waals surface area contributed by atoms with Crippen LogP contribution >= 0.6 is 39.1 Å². The van der Waals surface area contributed by atoms with Gasteiger partial charge >= 0.3 is 0 Å². The largest absolute Gasteiger partial charge is 0.497 e. The Kier molecular flexibility index (Phi) is 6.71. The minimum atomic E-state index is 0.277. The molecule has 0 saturated carbocycles. The van der Waals surface area contributed by atoms with Crippen molar-refractivity contribution in [3.63, 3.8) is 0 Å². The van der Waals surface area contributed by atoms with E-state index >= 15 is 0 Å². The van der Waals surface area contributed by atoms with Crippen LogP contribution in [0.15, 0.2) is 59.1 Å². The van der Waals surface area contributed by atoms with Gasteiger partial charge in [0.15, 0.2) is 5.75 Å². The number of allylic oxidation sites excluding steroid dienone is 1. The predicted molar refractivity (Wildman–Crippen MR) is 131 cm³/mol. The molecule has 1 heterocycles. The third kappa shape index (κ3) is 4.76. The van der Waals surface area contributed by atoms with E-state index < -0.39 is 0 Å². The molecule has 8 heteroatoms. The molecule has 1 N–H and O–H groups in total. The van der Waals surface area contributed by atoms with E-state index in [4.69, 9.17) is 32.7 Å². The highest BCUT2D eigenvalue weighted by molar-refractivity contribution is 9.10. The van der Waals surface area contributed by atoms with Crippen molar-refractivity contribution in [3.05, 3.63) is 86.1 Å². The maximum atomic E-state index is 9.71. The molecule has 0 saturated heterocycles. The predicted octanol–water partition coefficient (Wildman–Crippen LogP) is 7.28. The summed E-state index contributed by atoms with van der Waals surface area (Å²) in [4.78, 5) is 7.67. The molecule has 0 radical (unpaired) electrons. The smallest absolute Gasteiger partial charge is 0.152 e. The van der Waals surface area contributed by atoms with Gasteiger partial charge in [0.1, 0.15) is 24.3 Å². The van der Waals surface area contributed by atoms with E-state index in [2.05, 4.69) is 32.0 Å². The molecule has 0 spiro atoms. The van der Waals surface area contributed by atoms with Gasteiger partial charge in [-0.3, -0.25) is 0 Å². The summed E-state index contributed by atoms with van der Waals surface area (Å²) in [5.41, 5.74) is 3.47. The fraction of sp³-hybridized carbons (Fsp3) is 0.0833. The lowest BCUT2D eigenvalue weighted by molar-refractivity contribution is 0.304. The van der Waals surface area contributed by atoms with Crippen LogP contribution in [0.5, 0.6) is 11.5 Å². The lowest BCUT2D eigenvalue weighted by atomic mass is 10.1. The van der Waals surface area contributed by atoms with E-state index in [-0.39, 0.29) is 6.61 Å². The molecular formula is C24H16BrCl2N3O2. The molecule has 0 fully saturated rings. The number of hydrogen-bond donors (Lipinski definition) is 1. The Hall–Kier alpha value is -2.98. The van der Waals surface area contributed by atoms with E-state index in [0.717, 1.165) is 22.2 Å². The molecule has 0 atom stereocenters. The zero-order chi connectivity index (χ0) is 22.7. The van der Waals surface area contributed by atoms with Gasteiger partial charge in [0.25, 0.3) is 0 Å². The number of benzene rings is 3. The molecule has 160 valence electrons. The first kappa shape index (κ1) is 22.2. The Labute approximate surface area is 203 Å². The van der Waals surface area contributed by atoms with Crippen LogP contribution < -0.4 is 9.47 Å². The fourth-order valence-electron chi connectivity index (χ4n) is 3.13. The normalized spacial score (nSPS) is 11.4. The van der Waals surface area contributed by atoms with Gasteiger partial charge in [-0.25, -0.2) is 4.98 Å². The van der Waals surface area contributed by atoms with Gasteiger partial charge < -0.3 is 14.5 Å². The minimum absolute atomic E-state index is 0.277. The second-order valence-electron chi connectivity index (χ2n) is 6.83. The molecule has 0 bridgehead atoms. The molecule has 5 nitrogen and oxygen atoms in total. The van der Waals surface area contributed by atoms with Gasteiger partial charge in [0, 0.05) is 16.7 Å². The molecule has 0 aliphatic carbocycles. The summed E-state index contributed by atoms with van der Waals surface area (Å²) in [5, 5.41) is 10.7. The summed E-state index contributed by atoms with van der Waals surface area (Å²) >= 11 is 16.2. The molecule has 3 aromatic carbocycles. The molecule has 32 heavy (non-hydrogen) atoms. The third-order valence-corrected chi connectivity index (χ3v) is 5.96. The number of nitriles is 1. The molecule has 1 aromatic heterocycles. The van der Waals surface area contributed by atoms with Crippen molar-refractivity contribution in [2.45, 2.75) is 6.61 Å². The Morgan fingerprint density at radius 3 is 2.69 bits per heavy atom. The number of ether oxygens (including phenoxy) is 2. The van der Waals surface area contributed by atoms with Crippen LogP contribution in [0.2, 0.25) is 10.0 Å². The summed E-state index contributed by atoms with van der Waals surface area (Å²) < 4.78 is 11.8. The first-order chi connectivity index (χ1) is 15.5. The SMILES string of the molecule is COc1ccc2nc(/C(C#N)=C\c3cc(Cl)c(OCc4ccccc4Cl)c(Br)c3)[nH]c2c1. The van der Waals surface area contributed by atoms with E-state index in [0.29, 0.717) is 37.4 Å². The zero-order valence-electron chi connectivity index (χ0n) is 16.8. The van der Waals surface area contributed by atoms with Gasteiger partial charge in [-0.2, -0.15) is 5.26 Å². The van der Waals surface area contributed by atoms with Gasteiger partial charge in [-0.15, -0.1) is 0 Å². The van der Waals surface area contributed by atoms with Crippen LogP contribution in [0.4, 0.5) is 0 Å².